The van der Waals surface area contributed by atoms with Crippen LogP contribution in [0.25, 0.3) is 0 Å². The minimum Gasteiger partial charge on any atom is -0.466 e. The minimum absolute atomic E-state index is 0.146. The number of terminal acetylenes is 1. The summed E-state index contributed by atoms with van der Waals surface area (Å²) in [6.45, 7) is 2.57. The van der Waals surface area contributed by atoms with E-state index in [-0.39, 0.29) is 17.8 Å². The van der Waals surface area contributed by atoms with Crippen molar-refractivity contribution in [3.63, 3.8) is 0 Å². The summed E-state index contributed by atoms with van der Waals surface area (Å²) >= 11 is 0. The first-order valence-corrected chi connectivity index (χ1v) is 10.8. The van der Waals surface area contributed by atoms with E-state index in [1.54, 1.807) is 36.2 Å². The van der Waals surface area contributed by atoms with E-state index in [9.17, 15) is 9.59 Å². The molecule has 6 heteroatoms. The molecule has 0 fully saturated rings. The number of aryl methyl sites for hydroxylation is 1. The van der Waals surface area contributed by atoms with Crippen molar-refractivity contribution in [2.75, 3.05) is 25.5 Å². The molecule has 1 unspecified atom stereocenters. The quantitative estimate of drug-likeness (QED) is 0.302. The maximum absolute atomic E-state index is 12.7. The first-order valence-electron chi connectivity index (χ1n) is 10.8. The summed E-state index contributed by atoms with van der Waals surface area (Å²) in [5.41, 5.74) is 4.38. The lowest BCUT2D eigenvalue weighted by molar-refractivity contribution is -0.144. The number of anilines is 1. The number of amidine groups is 1. The van der Waals surface area contributed by atoms with Gasteiger partial charge in [-0.1, -0.05) is 24.1 Å². The third-order valence-electron chi connectivity index (χ3n) is 5.69. The number of hydrogen-bond acceptors (Lipinski definition) is 4. The third kappa shape index (κ3) is 5.76. The van der Waals surface area contributed by atoms with E-state index in [2.05, 4.69) is 17.3 Å². The lowest BCUT2D eigenvalue weighted by Gasteiger charge is -2.24. The van der Waals surface area contributed by atoms with Gasteiger partial charge in [0.1, 0.15) is 5.84 Å². The zero-order valence-corrected chi connectivity index (χ0v) is 18.6. The fourth-order valence-electron chi connectivity index (χ4n) is 3.96. The van der Waals surface area contributed by atoms with Crippen molar-refractivity contribution in [1.29, 1.82) is 5.41 Å². The Balaban J connectivity index is 1.64. The second-order valence-electron chi connectivity index (χ2n) is 8.04. The average Bonchev–Trinajstić information content (AvgIpc) is 2.78. The van der Waals surface area contributed by atoms with Gasteiger partial charge in [0.15, 0.2) is 0 Å². The zero-order valence-electron chi connectivity index (χ0n) is 18.6. The lowest BCUT2D eigenvalue weighted by Crippen LogP contribution is -2.27. The molecule has 3 rings (SSSR count). The summed E-state index contributed by atoms with van der Waals surface area (Å²) in [4.78, 5) is 26.2. The van der Waals surface area contributed by atoms with Gasteiger partial charge in [-0.05, 0) is 67.5 Å². The molecule has 1 aliphatic carbocycles. The summed E-state index contributed by atoms with van der Waals surface area (Å²) in [5, 5.41) is 11.1. The average molecular weight is 432 g/mol. The Bertz CT molecular complexity index is 1040. The first kappa shape index (κ1) is 23.1. The number of carbonyl (C=O) groups excluding carboxylic acids is 2. The van der Waals surface area contributed by atoms with Crippen LogP contribution in [0.2, 0.25) is 0 Å². The van der Waals surface area contributed by atoms with E-state index >= 15 is 0 Å². The highest BCUT2D eigenvalue weighted by Crippen LogP contribution is 2.30. The molecule has 0 heterocycles. The second-order valence-corrected chi connectivity index (χ2v) is 8.04. The molecule has 0 saturated carbocycles. The van der Waals surface area contributed by atoms with Crippen molar-refractivity contribution >= 4 is 23.4 Å². The van der Waals surface area contributed by atoms with Crippen LogP contribution in [0.4, 0.5) is 5.69 Å². The summed E-state index contributed by atoms with van der Waals surface area (Å²) in [6.07, 6.45) is 8.44. The van der Waals surface area contributed by atoms with Gasteiger partial charge in [0.25, 0.3) is 5.91 Å². The van der Waals surface area contributed by atoms with Crippen molar-refractivity contribution in [3.05, 3.63) is 64.7 Å². The smallest absolute Gasteiger partial charge is 0.306 e. The highest BCUT2D eigenvalue weighted by atomic mass is 16.5. The molecule has 1 atom stereocenters. The molecule has 0 spiro atoms. The molecule has 2 aromatic rings. The number of nitrogens with one attached hydrogen (secondary N) is 2. The first-order chi connectivity index (χ1) is 15.4. The van der Waals surface area contributed by atoms with Crippen LogP contribution < -0.4 is 5.32 Å². The Hall–Kier alpha value is -3.59. The number of nitrogens with zero attached hydrogens (tertiary/aromatic N) is 1. The van der Waals surface area contributed by atoms with Crippen molar-refractivity contribution < 1.29 is 14.3 Å². The van der Waals surface area contributed by atoms with Gasteiger partial charge in [-0.3, -0.25) is 15.0 Å². The summed E-state index contributed by atoms with van der Waals surface area (Å²) in [5.74, 6) is 2.73. The lowest BCUT2D eigenvalue weighted by atomic mass is 9.82. The highest BCUT2D eigenvalue weighted by Gasteiger charge is 2.22. The highest BCUT2D eigenvalue weighted by molar-refractivity contribution is 6.05. The number of fused-ring (bicyclic) bond motifs is 1. The molecule has 0 aliphatic heterocycles. The maximum atomic E-state index is 12.7. The van der Waals surface area contributed by atoms with Gasteiger partial charge in [-0.25, -0.2) is 0 Å². The number of ether oxygens (including phenoxy) is 1. The van der Waals surface area contributed by atoms with Crippen LogP contribution >= 0.6 is 0 Å². The Kier molecular flexibility index (Phi) is 7.67. The standard InChI is InChI=1S/C26H29N3O3/c1-4-14-29(3)25(27)20-8-10-21(11-9-20)26(31)28-23-13-12-19-7-6-18(15-22(19)17-23)16-24(30)32-5-2/h1,8-13,17-18,27H,5-7,14-16H2,2-3H3,(H,28,31). The van der Waals surface area contributed by atoms with Crippen LogP contribution in [0.5, 0.6) is 0 Å². The predicted octanol–water partition coefficient (Wildman–Crippen LogP) is 3.89. The van der Waals surface area contributed by atoms with Gasteiger partial charge in [0.2, 0.25) is 0 Å². The van der Waals surface area contributed by atoms with Gasteiger partial charge in [0, 0.05) is 30.3 Å². The fraction of sp³-hybridized carbons (Fsp3) is 0.346. The minimum atomic E-state index is -0.209. The number of amides is 1. The van der Waals surface area contributed by atoms with Crippen molar-refractivity contribution in [3.8, 4) is 12.3 Å². The molecule has 1 amide bonds. The van der Waals surface area contributed by atoms with E-state index in [1.165, 1.54) is 11.1 Å². The van der Waals surface area contributed by atoms with Gasteiger partial charge >= 0.3 is 5.97 Å². The Morgan fingerprint density at radius 1 is 1.19 bits per heavy atom. The Morgan fingerprint density at radius 3 is 2.59 bits per heavy atom. The van der Waals surface area contributed by atoms with Crippen LogP contribution in [0.3, 0.4) is 0 Å². The summed E-state index contributed by atoms with van der Waals surface area (Å²) in [6, 6.07) is 12.9. The number of rotatable bonds is 7. The second kappa shape index (κ2) is 10.6. The number of hydrogen-bond donors (Lipinski definition) is 2. The monoisotopic (exact) mass is 431 g/mol. The topological polar surface area (TPSA) is 82.5 Å². The van der Waals surface area contributed by atoms with Crippen molar-refractivity contribution in [1.82, 2.24) is 4.90 Å². The van der Waals surface area contributed by atoms with Crippen molar-refractivity contribution in [2.45, 2.75) is 32.6 Å². The normalized spacial score (nSPS) is 14.6. The van der Waals surface area contributed by atoms with Gasteiger partial charge in [-0.15, -0.1) is 6.42 Å². The molecule has 166 valence electrons. The fourth-order valence-corrected chi connectivity index (χ4v) is 3.96. The Labute approximate surface area is 189 Å². The summed E-state index contributed by atoms with van der Waals surface area (Å²) < 4.78 is 5.09. The van der Waals surface area contributed by atoms with Crippen LogP contribution in [0.15, 0.2) is 42.5 Å². The van der Waals surface area contributed by atoms with E-state index in [0.717, 1.165) is 24.9 Å². The molecule has 2 N–H and O–H groups in total. The van der Waals surface area contributed by atoms with Crippen LogP contribution in [0, 0.1) is 23.7 Å². The van der Waals surface area contributed by atoms with Crippen LogP contribution in [-0.2, 0) is 22.4 Å². The van der Waals surface area contributed by atoms with Crippen LogP contribution in [0.1, 0.15) is 46.8 Å². The number of esters is 1. The molecule has 6 nitrogen and oxygen atoms in total. The van der Waals surface area contributed by atoms with E-state index in [0.29, 0.717) is 36.5 Å². The molecule has 1 aliphatic rings. The van der Waals surface area contributed by atoms with Gasteiger partial charge < -0.3 is 15.0 Å². The molecule has 0 saturated heterocycles. The molecule has 2 aromatic carbocycles. The SMILES string of the molecule is C#CCN(C)C(=N)c1ccc(C(=O)Nc2ccc3c(c2)CC(CC(=O)OCC)CC3)cc1. The predicted molar refractivity (Wildman–Crippen MR) is 126 cm³/mol. The molecule has 0 aromatic heterocycles. The zero-order chi connectivity index (χ0) is 23.1. The largest absolute Gasteiger partial charge is 0.466 e. The molecule has 0 radical (unpaired) electrons. The van der Waals surface area contributed by atoms with Crippen molar-refractivity contribution in [2.24, 2.45) is 5.92 Å². The molecule has 0 bridgehead atoms. The molecular weight excluding hydrogens is 402 g/mol. The molecule has 32 heavy (non-hydrogen) atoms. The van der Waals surface area contributed by atoms with Gasteiger partial charge in [0.05, 0.1) is 13.2 Å². The number of benzene rings is 2. The van der Waals surface area contributed by atoms with Gasteiger partial charge in [-0.2, -0.15) is 0 Å². The third-order valence-corrected chi connectivity index (χ3v) is 5.69. The maximum Gasteiger partial charge on any atom is 0.306 e. The van der Waals surface area contributed by atoms with E-state index < -0.39 is 0 Å². The number of carbonyl (C=O) groups is 2. The van der Waals surface area contributed by atoms with E-state index in [1.807, 2.05) is 19.1 Å². The molecular formula is C26H29N3O3. The van der Waals surface area contributed by atoms with E-state index in [4.69, 9.17) is 16.6 Å². The summed E-state index contributed by atoms with van der Waals surface area (Å²) in [7, 11) is 1.76. The van der Waals surface area contributed by atoms with Crippen LogP contribution in [-0.4, -0.2) is 42.8 Å². The Morgan fingerprint density at radius 2 is 1.91 bits per heavy atom.